The number of halogens is 3. The third-order valence-electron chi connectivity index (χ3n) is 2.90. The molecule has 1 heterocycles. The van der Waals surface area contributed by atoms with Crippen molar-refractivity contribution in [3.05, 3.63) is 65.9 Å². The molecule has 0 aliphatic carbocycles. The molecule has 120 valence electrons. The predicted octanol–water partition coefficient (Wildman–Crippen LogP) is 4.55. The van der Waals surface area contributed by atoms with E-state index in [9.17, 15) is 13.2 Å². The minimum atomic E-state index is -2.90. The molecule has 3 N–H and O–H groups in total. The highest BCUT2D eigenvalue weighted by atomic mass is 19.3. The molecule has 0 aliphatic heterocycles. The highest BCUT2D eigenvalue weighted by Crippen LogP contribution is 2.25. The third-order valence-corrected chi connectivity index (χ3v) is 2.90. The predicted molar refractivity (Wildman–Crippen MR) is 80.9 cm³/mol. The van der Waals surface area contributed by atoms with Crippen molar-refractivity contribution in [2.24, 2.45) is 5.11 Å². The summed E-state index contributed by atoms with van der Waals surface area (Å²) in [5.74, 6) is -0.347. The van der Waals surface area contributed by atoms with Crippen LogP contribution >= 0.6 is 0 Å². The second-order valence-corrected chi connectivity index (χ2v) is 4.50. The Hall–Kier alpha value is -2.90. The molecule has 1 aromatic heterocycles. The first kappa shape index (κ1) is 16.5. The van der Waals surface area contributed by atoms with Gasteiger partial charge in [0, 0.05) is 18.1 Å². The minimum absolute atomic E-state index is 0.219. The molecule has 0 spiro atoms. The monoisotopic (exact) mass is 321 g/mol. The van der Waals surface area contributed by atoms with Crippen LogP contribution in [0.3, 0.4) is 0 Å². The number of nitrogens with zero attached hydrogens (tertiary/aromatic N) is 2. The van der Waals surface area contributed by atoms with E-state index in [4.69, 9.17) is 5.53 Å². The van der Waals surface area contributed by atoms with Crippen LogP contribution in [-0.4, -0.2) is 11.5 Å². The number of benzene rings is 1. The van der Waals surface area contributed by atoms with Gasteiger partial charge in [-0.1, -0.05) is 6.07 Å². The van der Waals surface area contributed by atoms with E-state index in [2.05, 4.69) is 20.7 Å². The summed E-state index contributed by atoms with van der Waals surface area (Å²) in [6.45, 7) is 0.219. The fourth-order valence-electron chi connectivity index (χ4n) is 1.74. The average molecular weight is 321 g/mol. The van der Waals surface area contributed by atoms with Crippen LogP contribution in [0.5, 0.6) is 0 Å². The summed E-state index contributed by atoms with van der Waals surface area (Å²) >= 11 is 0. The Labute approximate surface area is 130 Å². The molecule has 0 saturated heterocycles. The van der Waals surface area contributed by atoms with Gasteiger partial charge in [-0.15, -0.1) is 0 Å². The van der Waals surface area contributed by atoms with Crippen LogP contribution in [0.2, 0.25) is 0 Å². The standard InChI is InChI=1S/C15H14F3N5/c16-13-5-4-10(7-12(13)15(17)18)21-8-11(23-19)9-22-14-3-1-2-6-20-14/h1-8,15,19,21H,9H2,(H,20,22)/b11-8-,23-19?. The molecule has 5 nitrogen and oxygen atoms in total. The highest BCUT2D eigenvalue weighted by molar-refractivity contribution is 5.49. The maximum absolute atomic E-state index is 13.2. The van der Waals surface area contributed by atoms with E-state index in [1.807, 2.05) is 0 Å². The first-order valence-corrected chi connectivity index (χ1v) is 6.65. The van der Waals surface area contributed by atoms with Crippen molar-refractivity contribution >= 4 is 11.5 Å². The molecule has 23 heavy (non-hydrogen) atoms. The average Bonchev–Trinajstić information content (AvgIpc) is 2.57. The lowest BCUT2D eigenvalue weighted by molar-refractivity contribution is 0.146. The number of rotatable bonds is 7. The molecule has 0 radical (unpaired) electrons. The summed E-state index contributed by atoms with van der Waals surface area (Å²) in [5.41, 5.74) is 7.03. The Balaban J connectivity index is 2.02. The van der Waals surface area contributed by atoms with E-state index in [1.54, 1.807) is 24.4 Å². The quantitative estimate of drug-likeness (QED) is 0.655. The number of alkyl halides is 2. The second kappa shape index (κ2) is 7.92. The van der Waals surface area contributed by atoms with Gasteiger partial charge in [0.05, 0.1) is 17.8 Å². The second-order valence-electron chi connectivity index (χ2n) is 4.50. The zero-order valence-corrected chi connectivity index (χ0v) is 11.9. The summed E-state index contributed by atoms with van der Waals surface area (Å²) in [6.07, 6.45) is 0.101. The van der Waals surface area contributed by atoms with E-state index in [0.29, 0.717) is 11.5 Å². The maximum Gasteiger partial charge on any atom is 0.266 e. The first-order chi connectivity index (χ1) is 11.1. The van der Waals surface area contributed by atoms with Crippen molar-refractivity contribution in [2.75, 3.05) is 17.2 Å². The van der Waals surface area contributed by atoms with Gasteiger partial charge in [0.25, 0.3) is 6.43 Å². The maximum atomic E-state index is 13.2. The zero-order chi connectivity index (χ0) is 16.7. The molecule has 2 rings (SSSR count). The summed E-state index contributed by atoms with van der Waals surface area (Å²) in [6, 6.07) is 8.63. The van der Waals surface area contributed by atoms with Gasteiger partial charge < -0.3 is 10.6 Å². The number of hydrogen-bond acceptors (Lipinski definition) is 5. The number of hydrogen-bond donors (Lipinski definition) is 3. The van der Waals surface area contributed by atoms with Crippen LogP contribution in [-0.2, 0) is 0 Å². The van der Waals surface area contributed by atoms with Crippen molar-refractivity contribution in [3.8, 4) is 0 Å². The normalized spacial score (nSPS) is 11.4. The number of anilines is 2. The molecule has 2 aromatic rings. The van der Waals surface area contributed by atoms with E-state index in [-0.39, 0.29) is 12.2 Å². The molecule has 0 aliphatic rings. The summed E-state index contributed by atoms with van der Waals surface area (Å²) in [5, 5.41) is 9.01. The lowest BCUT2D eigenvalue weighted by atomic mass is 10.2. The molecular weight excluding hydrogens is 307 g/mol. The van der Waals surface area contributed by atoms with Gasteiger partial charge in [-0.05, 0) is 30.3 Å². The molecule has 0 saturated carbocycles. The summed E-state index contributed by atoms with van der Waals surface area (Å²) < 4.78 is 38.5. The lowest BCUT2D eigenvalue weighted by Crippen LogP contribution is -2.06. The van der Waals surface area contributed by atoms with Crippen LogP contribution in [0.25, 0.3) is 0 Å². The highest BCUT2D eigenvalue weighted by Gasteiger charge is 2.13. The lowest BCUT2D eigenvalue weighted by Gasteiger charge is -2.08. The summed E-state index contributed by atoms with van der Waals surface area (Å²) in [7, 11) is 0. The molecule has 8 heteroatoms. The zero-order valence-electron chi connectivity index (χ0n) is 11.9. The number of aromatic nitrogens is 1. The topological polar surface area (TPSA) is 73.2 Å². The Kier molecular flexibility index (Phi) is 5.67. The van der Waals surface area contributed by atoms with Gasteiger partial charge in [0.2, 0.25) is 0 Å². The third kappa shape index (κ3) is 4.80. The minimum Gasteiger partial charge on any atom is -0.364 e. The fraction of sp³-hybridized carbons (Fsp3) is 0.133. The van der Waals surface area contributed by atoms with Gasteiger partial charge in [-0.3, -0.25) is 0 Å². The largest absolute Gasteiger partial charge is 0.364 e. The molecule has 0 bridgehead atoms. The fourth-order valence-corrected chi connectivity index (χ4v) is 1.74. The van der Waals surface area contributed by atoms with Crippen LogP contribution in [0.15, 0.2) is 59.6 Å². The van der Waals surface area contributed by atoms with Gasteiger partial charge in [-0.25, -0.2) is 23.7 Å². The Bertz CT molecular complexity index is 689. The van der Waals surface area contributed by atoms with Gasteiger partial charge >= 0.3 is 0 Å². The van der Waals surface area contributed by atoms with E-state index in [0.717, 1.165) is 12.1 Å². The Morgan fingerprint density at radius 2 is 2.13 bits per heavy atom. The van der Waals surface area contributed by atoms with Crippen LogP contribution in [0.1, 0.15) is 12.0 Å². The Morgan fingerprint density at radius 3 is 2.78 bits per heavy atom. The van der Waals surface area contributed by atoms with Crippen molar-refractivity contribution in [1.29, 1.82) is 5.53 Å². The van der Waals surface area contributed by atoms with Crippen molar-refractivity contribution in [2.45, 2.75) is 6.43 Å². The number of nitrogens with one attached hydrogen (secondary N) is 3. The number of pyridine rings is 1. The van der Waals surface area contributed by atoms with Crippen molar-refractivity contribution in [3.63, 3.8) is 0 Å². The molecule has 0 amide bonds. The first-order valence-electron chi connectivity index (χ1n) is 6.65. The Morgan fingerprint density at radius 1 is 1.30 bits per heavy atom. The van der Waals surface area contributed by atoms with Crippen LogP contribution < -0.4 is 10.6 Å². The molecular formula is C15H14F3N5. The molecule has 1 aromatic carbocycles. The van der Waals surface area contributed by atoms with Crippen LogP contribution in [0, 0.1) is 11.3 Å². The van der Waals surface area contributed by atoms with E-state index in [1.165, 1.54) is 12.3 Å². The summed E-state index contributed by atoms with van der Waals surface area (Å²) in [4.78, 5) is 4.06. The molecule has 0 atom stereocenters. The van der Waals surface area contributed by atoms with Crippen molar-refractivity contribution in [1.82, 2.24) is 4.98 Å². The molecule has 0 fully saturated rings. The van der Waals surface area contributed by atoms with Crippen LogP contribution in [0.4, 0.5) is 24.7 Å². The van der Waals surface area contributed by atoms with Gasteiger partial charge in [0.15, 0.2) is 0 Å². The van der Waals surface area contributed by atoms with E-state index >= 15 is 0 Å². The SMILES string of the molecule is N=N/C(=C\Nc1ccc(F)c(C(F)F)c1)CNc1ccccn1. The van der Waals surface area contributed by atoms with Gasteiger partial charge in [0.1, 0.15) is 11.6 Å². The van der Waals surface area contributed by atoms with E-state index < -0.39 is 17.8 Å². The van der Waals surface area contributed by atoms with Crippen molar-refractivity contribution < 1.29 is 13.2 Å². The van der Waals surface area contributed by atoms with Gasteiger partial charge in [-0.2, -0.15) is 5.11 Å². The smallest absolute Gasteiger partial charge is 0.266 e. The molecule has 0 unspecified atom stereocenters.